The molecule has 3 rings (SSSR count). The minimum atomic E-state index is 0.301. The highest BCUT2D eigenvalue weighted by molar-refractivity contribution is 5.80. The first-order valence-electron chi connectivity index (χ1n) is 6.40. The number of aromatic nitrogens is 1. The monoisotopic (exact) mass is 246 g/mol. The number of piperazine rings is 1. The van der Waals surface area contributed by atoms with Gasteiger partial charge < -0.3 is 15.5 Å². The summed E-state index contributed by atoms with van der Waals surface area (Å²) in [5.41, 5.74) is 7.71. The highest BCUT2D eigenvalue weighted by Gasteiger charge is 2.40. The van der Waals surface area contributed by atoms with Crippen molar-refractivity contribution >= 4 is 17.3 Å². The number of nitrogen functional groups attached to an aromatic ring is 1. The van der Waals surface area contributed by atoms with E-state index in [9.17, 15) is 4.79 Å². The molecule has 0 bridgehead atoms. The van der Waals surface area contributed by atoms with Gasteiger partial charge in [-0.2, -0.15) is 0 Å². The molecular formula is C13H18N4O. The van der Waals surface area contributed by atoms with Crippen molar-refractivity contribution in [2.75, 3.05) is 30.3 Å². The Morgan fingerprint density at radius 1 is 1.44 bits per heavy atom. The van der Waals surface area contributed by atoms with Crippen LogP contribution in [0.25, 0.3) is 0 Å². The van der Waals surface area contributed by atoms with Crippen LogP contribution in [0.3, 0.4) is 0 Å². The molecule has 2 aliphatic rings. The molecule has 1 amide bonds. The van der Waals surface area contributed by atoms with Crippen LogP contribution < -0.4 is 10.6 Å². The molecule has 1 unspecified atom stereocenters. The van der Waals surface area contributed by atoms with Gasteiger partial charge in [0.05, 0.1) is 23.6 Å². The predicted octanol–water partition coefficient (Wildman–Crippen LogP) is 0.721. The summed E-state index contributed by atoms with van der Waals surface area (Å²) >= 11 is 0. The van der Waals surface area contributed by atoms with Crippen molar-refractivity contribution in [1.82, 2.24) is 9.88 Å². The molecule has 3 heterocycles. The van der Waals surface area contributed by atoms with Crippen molar-refractivity contribution in [2.24, 2.45) is 5.92 Å². The third-order valence-electron chi connectivity index (χ3n) is 4.06. The van der Waals surface area contributed by atoms with Gasteiger partial charge >= 0.3 is 0 Å². The van der Waals surface area contributed by atoms with Crippen LogP contribution in [0.2, 0.25) is 0 Å². The van der Waals surface area contributed by atoms with Crippen LogP contribution in [0.1, 0.15) is 13.3 Å². The van der Waals surface area contributed by atoms with Gasteiger partial charge in [0.2, 0.25) is 5.91 Å². The summed E-state index contributed by atoms with van der Waals surface area (Å²) in [4.78, 5) is 20.1. The zero-order chi connectivity index (χ0) is 12.7. The number of fused-ring (bicyclic) bond motifs is 1. The van der Waals surface area contributed by atoms with Gasteiger partial charge in [0.15, 0.2) is 0 Å². The fraction of sp³-hybridized carbons (Fsp3) is 0.538. The first-order valence-corrected chi connectivity index (χ1v) is 6.40. The van der Waals surface area contributed by atoms with E-state index in [1.54, 1.807) is 12.4 Å². The number of hydrogen-bond donors (Lipinski definition) is 1. The van der Waals surface area contributed by atoms with Crippen molar-refractivity contribution in [3.63, 3.8) is 0 Å². The lowest BCUT2D eigenvalue weighted by molar-refractivity contribution is -0.129. The van der Waals surface area contributed by atoms with Crippen LogP contribution in [0.5, 0.6) is 0 Å². The molecule has 1 aromatic heterocycles. The predicted molar refractivity (Wildman–Crippen MR) is 70.1 cm³/mol. The maximum Gasteiger partial charge on any atom is 0.223 e. The maximum atomic E-state index is 11.8. The Kier molecular flexibility index (Phi) is 2.61. The summed E-state index contributed by atoms with van der Waals surface area (Å²) in [7, 11) is 0. The minimum absolute atomic E-state index is 0.301. The summed E-state index contributed by atoms with van der Waals surface area (Å²) < 4.78 is 0. The summed E-state index contributed by atoms with van der Waals surface area (Å²) in [5, 5.41) is 0. The molecule has 2 saturated heterocycles. The Labute approximate surface area is 107 Å². The molecule has 18 heavy (non-hydrogen) atoms. The lowest BCUT2D eigenvalue weighted by Crippen LogP contribution is -2.53. The Hall–Kier alpha value is -1.78. The molecule has 2 N–H and O–H groups in total. The second-order valence-electron chi connectivity index (χ2n) is 5.22. The number of rotatable bonds is 1. The van der Waals surface area contributed by atoms with Gasteiger partial charge in [-0.15, -0.1) is 0 Å². The summed E-state index contributed by atoms with van der Waals surface area (Å²) in [6.45, 7) is 4.68. The van der Waals surface area contributed by atoms with Crippen molar-refractivity contribution in [1.29, 1.82) is 0 Å². The maximum absolute atomic E-state index is 11.8. The summed E-state index contributed by atoms with van der Waals surface area (Å²) in [5.74, 6) is 0.734. The van der Waals surface area contributed by atoms with E-state index in [4.69, 9.17) is 5.73 Å². The molecule has 1 aromatic rings. The van der Waals surface area contributed by atoms with E-state index >= 15 is 0 Å². The average molecular weight is 246 g/mol. The largest absolute Gasteiger partial charge is 0.396 e. The number of amides is 1. The molecule has 0 aliphatic carbocycles. The second kappa shape index (κ2) is 4.15. The van der Waals surface area contributed by atoms with E-state index in [-0.39, 0.29) is 0 Å². The van der Waals surface area contributed by atoms with Crippen LogP contribution in [0.15, 0.2) is 18.5 Å². The number of hydrogen-bond acceptors (Lipinski definition) is 4. The topological polar surface area (TPSA) is 62.5 Å². The third kappa shape index (κ3) is 1.70. The first kappa shape index (κ1) is 11.3. The standard InChI is InChI=1S/C13H18N4O/c1-9-6-13(18)17-5-4-16(8-12(9)17)11-2-3-15-7-10(11)14/h2-3,7,9,12H,4-6,8,14H2,1H3/t9?,12-/m1/s1. The molecule has 0 saturated carbocycles. The molecule has 96 valence electrons. The van der Waals surface area contributed by atoms with Crippen molar-refractivity contribution < 1.29 is 4.79 Å². The smallest absolute Gasteiger partial charge is 0.223 e. The zero-order valence-corrected chi connectivity index (χ0v) is 10.5. The van der Waals surface area contributed by atoms with E-state index in [1.807, 2.05) is 11.0 Å². The molecule has 5 nitrogen and oxygen atoms in total. The molecular weight excluding hydrogens is 228 g/mol. The molecule has 0 radical (unpaired) electrons. The molecule has 0 aromatic carbocycles. The van der Waals surface area contributed by atoms with E-state index in [1.165, 1.54) is 0 Å². The van der Waals surface area contributed by atoms with Crippen LogP contribution in [-0.2, 0) is 4.79 Å². The second-order valence-corrected chi connectivity index (χ2v) is 5.22. The van der Waals surface area contributed by atoms with Crippen LogP contribution in [0.4, 0.5) is 11.4 Å². The highest BCUT2D eigenvalue weighted by Crippen LogP contribution is 2.31. The molecule has 5 heteroatoms. The summed E-state index contributed by atoms with van der Waals surface area (Å²) in [6.07, 6.45) is 4.14. The van der Waals surface area contributed by atoms with Gasteiger partial charge in [0, 0.05) is 32.3 Å². The molecule has 0 spiro atoms. The van der Waals surface area contributed by atoms with E-state index in [0.717, 1.165) is 25.3 Å². The molecule has 2 atom stereocenters. The van der Waals surface area contributed by atoms with Crippen LogP contribution >= 0.6 is 0 Å². The lowest BCUT2D eigenvalue weighted by atomic mass is 10.0. The van der Waals surface area contributed by atoms with Gasteiger partial charge in [-0.05, 0) is 12.0 Å². The van der Waals surface area contributed by atoms with Gasteiger partial charge in [-0.1, -0.05) is 6.92 Å². The Balaban J connectivity index is 1.82. The third-order valence-corrected chi connectivity index (χ3v) is 4.06. The first-order chi connectivity index (χ1) is 8.66. The Morgan fingerprint density at radius 3 is 3.06 bits per heavy atom. The fourth-order valence-corrected chi connectivity index (χ4v) is 3.04. The average Bonchev–Trinajstić information content (AvgIpc) is 2.65. The van der Waals surface area contributed by atoms with Gasteiger partial charge in [-0.3, -0.25) is 9.78 Å². The number of carbonyl (C=O) groups excluding carboxylic acids is 1. The van der Waals surface area contributed by atoms with Crippen LogP contribution in [0, 0.1) is 5.92 Å². The van der Waals surface area contributed by atoms with Crippen LogP contribution in [-0.4, -0.2) is 41.5 Å². The lowest BCUT2D eigenvalue weighted by Gasteiger charge is -2.40. The Morgan fingerprint density at radius 2 is 2.28 bits per heavy atom. The minimum Gasteiger partial charge on any atom is -0.396 e. The summed E-state index contributed by atoms with van der Waals surface area (Å²) in [6, 6.07) is 2.28. The number of nitrogens with zero attached hydrogens (tertiary/aromatic N) is 3. The van der Waals surface area contributed by atoms with Gasteiger partial charge in [0.1, 0.15) is 0 Å². The van der Waals surface area contributed by atoms with Gasteiger partial charge in [-0.25, -0.2) is 0 Å². The quantitative estimate of drug-likeness (QED) is 0.793. The fourth-order valence-electron chi connectivity index (χ4n) is 3.04. The number of anilines is 2. The highest BCUT2D eigenvalue weighted by atomic mass is 16.2. The van der Waals surface area contributed by atoms with Crippen molar-refractivity contribution in [3.05, 3.63) is 18.5 Å². The van der Waals surface area contributed by atoms with E-state index < -0.39 is 0 Å². The van der Waals surface area contributed by atoms with Crippen molar-refractivity contribution in [2.45, 2.75) is 19.4 Å². The van der Waals surface area contributed by atoms with Crippen molar-refractivity contribution in [3.8, 4) is 0 Å². The Bertz CT molecular complexity index is 476. The number of pyridine rings is 1. The van der Waals surface area contributed by atoms with E-state index in [0.29, 0.717) is 30.0 Å². The zero-order valence-electron chi connectivity index (χ0n) is 10.5. The number of nitrogens with two attached hydrogens (primary N) is 1. The van der Waals surface area contributed by atoms with E-state index in [2.05, 4.69) is 16.8 Å². The number of carbonyl (C=O) groups is 1. The molecule has 2 aliphatic heterocycles. The molecule has 2 fully saturated rings. The SMILES string of the molecule is CC1CC(=O)N2CCN(c3ccncc3N)C[C@H]12. The normalized spacial score (nSPS) is 27.5. The van der Waals surface area contributed by atoms with Gasteiger partial charge in [0.25, 0.3) is 0 Å².